The van der Waals surface area contributed by atoms with E-state index in [9.17, 15) is 9.18 Å². The second-order valence-corrected chi connectivity index (χ2v) is 4.88. The summed E-state index contributed by atoms with van der Waals surface area (Å²) < 4.78 is 18.5. The van der Waals surface area contributed by atoms with Crippen molar-refractivity contribution < 1.29 is 13.9 Å². The highest BCUT2D eigenvalue weighted by atomic mass is 19.1. The molecule has 0 radical (unpaired) electrons. The van der Waals surface area contributed by atoms with Gasteiger partial charge in [0.05, 0.1) is 0 Å². The lowest BCUT2D eigenvalue weighted by Gasteiger charge is -2.27. The van der Waals surface area contributed by atoms with E-state index in [-0.39, 0.29) is 17.8 Å². The summed E-state index contributed by atoms with van der Waals surface area (Å²) in [7, 11) is 0. The lowest BCUT2D eigenvalue weighted by atomic mass is 10.2. The Morgan fingerprint density at radius 1 is 1.10 bits per heavy atom. The maximum Gasteiger partial charge on any atom is 0.255 e. The predicted molar refractivity (Wildman–Crippen MR) is 78.1 cm³/mol. The number of nitrogens with one attached hydrogen (secondary N) is 2. The average Bonchev–Trinajstić information content (AvgIpc) is 2.46. The molecule has 0 aromatic heterocycles. The van der Waals surface area contributed by atoms with Crippen molar-refractivity contribution in [1.82, 2.24) is 5.32 Å². The molecule has 1 heterocycles. The zero-order valence-corrected chi connectivity index (χ0v) is 11.3. The first-order valence-corrected chi connectivity index (χ1v) is 6.75. The minimum absolute atomic E-state index is 0.212. The molecule has 108 valence electrons. The van der Waals surface area contributed by atoms with Crippen molar-refractivity contribution in [3.63, 3.8) is 0 Å². The summed E-state index contributed by atoms with van der Waals surface area (Å²) in [6, 6.07) is 12.6. The van der Waals surface area contributed by atoms with Crippen LogP contribution in [-0.4, -0.2) is 25.1 Å². The van der Waals surface area contributed by atoms with Crippen LogP contribution in [0.5, 0.6) is 5.75 Å². The quantitative estimate of drug-likeness (QED) is 0.907. The normalized spacial score (nSPS) is 14.3. The van der Waals surface area contributed by atoms with Gasteiger partial charge in [-0.15, -0.1) is 0 Å². The second kappa shape index (κ2) is 5.93. The van der Waals surface area contributed by atoms with Gasteiger partial charge in [-0.1, -0.05) is 0 Å². The van der Waals surface area contributed by atoms with Gasteiger partial charge in [-0.2, -0.15) is 0 Å². The topological polar surface area (TPSA) is 50.4 Å². The van der Waals surface area contributed by atoms with Crippen molar-refractivity contribution in [1.29, 1.82) is 0 Å². The number of benzene rings is 2. The molecule has 4 nitrogen and oxygen atoms in total. The fourth-order valence-electron chi connectivity index (χ4n) is 1.96. The first kappa shape index (κ1) is 13.6. The van der Waals surface area contributed by atoms with Crippen LogP contribution in [0.25, 0.3) is 0 Å². The van der Waals surface area contributed by atoms with Crippen LogP contribution in [0.3, 0.4) is 0 Å². The lowest BCUT2D eigenvalue weighted by molar-refractivity contribution is 0.102. The minimum Gasteiger partial charge on any atom is -0.488 e. The number of ether oxygens (including phenoxy) is 1. The summed E-state index contributed by atoms with van der Waals surface area (Å²) in [6.45, 7) is 1.71. The number of rotatable bonds is 4. The first-order valence-electron chi connectivity index (χ1n) is 6.75. The molecule has 2 aromatic carbocycles. The predicted octanol–water partition coefficient (Wildman–Crippen LogP) is 2.43. The zero-order chi connectivity index (χ0) is 14.7. The number of carbonyl (C=O) groups is 1. The van der Waals surface area contributed by atoms with Crippen LogP contribution in [0.15, 0.2) is 48.5 Å². The molecule has 1 amide bonds. The van der Waals surface area contributed by atoms with Gasteiger partial charge >= 0.3 is 0 Å². The van der Waals surface area contributed by atoms with Crippen LogP contribution in [0.4, 0.5) is 10.1 Å². The third-order valence-corrected chi connectivity index (χ3v) is 3.27. The van der Waals surface area contributed by atoms with E-state index in [0.29, 0.717) is 11.3 Å². The molecular formula is C16H15FN2O2. The van der Waals surface area contributed by atoms with Gasteiger partial charge in [0.2, 0.25) is 0 Å². The monoisotopic (exact) mass is 286 g/mol. The largest absolute Gasteiger partial charge is 0.488 e. The fourth-order valence-corrected chi connectivity index (χ4v) is 1.96. The van der Waals surface area contributed by atoms with Crippen molar-refractivity contribution >= 4 is 11.6 Å². The van der Waals surface area contributed by atoms with E-state index >= 15 is 0 Å². The minimum atomic E-state index is -0.333. The van der Waals surface area contributed by atoms with E-state index in [1.165, 1.54) is 24.3 Å². The van der Waals surface area contributed by atoms with E-state index in [4.69, 9.17) is 4.74 Å². The van der Waals surface area contributed by atoms with Gasteiger partial charge in [0.25, 0.3) is 5.91 Å². The van der Waals surface area contributed by atoms with Gasteiger partial charge in [-0.3, -0.25) is 4.79 Å². The van der Waals surface area contributed by atoms with E-state index < -0.39 is 0 Å². The Morgan fingerprint density at radius 2 is 1.76 bits per heavy atom. The van der Waals surface area contributed by atoms with E-state index in [1.807, 2.05) is 0 Å². The highest BCUT2D eigenvalue weighted by molar-refractivity contribution is 6.04. The molecule has 3 rings (SSSR count). The molecule has 2 N–H and O–H groups in total. The van der Waals surface area contributed by atoms with Crippen LogP contribution in [0.2, 0.25) is 0 Å². The van der Waals surface area contributed by atoms with Crippen molar-refractivity contribution in [3.8, 4) is 5.75 Å². The SMILES string of the molecule is O=C(Nc1ccc(F)cc1)c1ccc(OC2CNC2)cc1. The molecule has 21 heavy (non-hydrogen) atoms. The summed E-state index contributed by atoms with van der Waals surface area (Å²) >= 11 is 0. The maximum absolute atomic E-state index is 12.8. The van der Waals surface area contributed by atoms with Crippen molar-refractivity contribution in [2.75, 3.05) is 18.4 Å². The first-order chi connectivity index (χ1) is 10.2. The molecule has 1 aliphatic heterocycles. The molecule has 5 heteroatoms. The molecule has 1 saturated heterocycles. The van der Waals surface area contributed by atoms with Crippen molar-refractivity contribution in [2.45, 2.75) is 6.10 Å². The van der Waals surface area contributed by atoms with Crippen LogP contribution in [0, 0.1) is 5.82 Å². The molecule has 1 fully saturated rings. The molecule has 0 spiro atoms. The number of halogens is 1. The number of carbonyl (C=O) groups excluding carboxylic acids is 1. The van der Waals surface area contributed by atoms with Crippen LogP contribution in [-0.2, 0) is 0 Å². The highest BCUT2D eigenvalue weighted by Crippen LogP contribution is 2.16. The number of hydrogen-bond donors (Lipinski definition) is 2. The molecule has 2 aromatic rings. The molecule has 0 atom stereocenters. The van der Waals surface area contributed by atoms with Crippen molar-refractivity contribution in [3.05, 3.63) is 59.9 Å². The lowest BCUT2D eigenvalue weighted by Crippen LogP contribution is -2.50. The Labute approximate surface area is 121 Å². The molecule has 0 aliphatic carbocycles. The summed E-state index contributed by atoms with van der Waals surface area (Å²) in [4.78, 5) is 12.0. The Bertz CT molecular complexity index is 622. The van der Waals surface area contributed by atoms with Gasteiger partial charge in [0.1, 0.15) is 17.7 Å². The van der Waals surface area contributed by atoms with Gasteiger partial charge < -0.3 is 15.4 Å². The second-order valence-electron chi connectivity index (χ2n) is 4.88. The van der Waals surface area contributed by atoms with Crippen LogP contribution in [0.1, 0.15) is 10.4 Å². The maximum atomic E-state index is 12.8. The molecule has 0 bridgehead atoms. The summed E-state index contributed by atoms with van der Waals surface area (Å²) in [6.07, 6.45) is 0.212. The molecule has 0 saturated carbocycles. The Morgan fingerprint density at radius 3 is 2.33 bits per heavy atom. The number of hydrogen-bond acceptors (Lipinski definition) is 3. The van der Waals surface area contributed by atoms with Crippen LogP contribution >= 0.6 is 0 Å². The van der Waals surface area contributed by atoms with Gasteiger partial charge in [-0.05, 0) is 48.5 Å². The summed E-state index contributed by atoms with van der Waals surface area (Å²) in [5, 5.41) is 5.84. The molecular weight excluding hydrogens is 271 g/mol. The average molecular weight is 286 g/mol. The van der Waals surface area contributed by atoms with Crippen molar-refractivity contribution in [2.24, 2.45) is 0 Å². The van der Waals surface area contributed by atoms with Gasteiger partial charge in [0.15, 0.2) is 0 Å². The standard InChI is InChI=1S/C16H15FN2O2/c17-12-3-5-13(6-4-12)19-16(20)11-1-7-14(8-2-11)21-15-9-18-10-15/h1-8,15,18H,9-10H2,(H,19,20). The Balaban J connectivity index is 1.62. The molecule has 1 aliphatic rings. The van der Waals surface area contributed by atoms with Crippen LogP contribution < -0.4 is 15.4 Å². The number of amides is 1. The zero-order valence-electron chi connectivity index (χ0n) is 11.3. The highest BCUT2D eigenvalue weighted by Gasteiger charge is 2.18. The van der Waals surface area contributed by atoms with E-state index in [1.54, 1.807) is 24.3 Å². The van der Waals surface area contributed by atoms with E-state index in [0.717, 1.165) is 18.8 Å². The fraction of sp³-hybridized carbons (Fsp3) is 0.188. The smallest absolute Gasteiger partial charge is 0.255 e. The van der Waals surface area contributed by atoms with Gasteiger partial charge in [-0.25, -0.2) is 4.39 Å². The molecule has 0 unspecified atom stereocenters. The summed E-state index contributed by atoms with van der Waals surface area (Å²) in [5.41, 5.74) is 1.08. The third kappa shape index (κ3) is 3.38. The Hall–Kier alpha value is -2.40. The third-order valence-electron chi connectivity index (χ3n) is 3.27. The Kier molecular flexibility index (Phi) is 3.83. The van der Waals surface area contributed by atoms with Gasteiger partial charge in [0, 0.05) is 24.3 Å². The van der Waals surface area contributed by atoms with E-state index in [2.05, 4.69) is 10.6 Å². The number of anilines is 1. The summed E-state index contributed by atoms with van der Waals surface area (Å²) in [5.74, 6) is 0.179.